The number of fused-ring (bicyclic) bond motifs is 1. The summed E-state index contributed by atoms with van der Waals surface area (Å²) < 4.78 is 18.4. The van der Waals surface area contributed by atoms with E-state index in [0.29, 0.717) is 24.8 Å². The van der Waals surface area contributed by atoms with Crippen LogP contribution in [-0.4, -0.2) is 27.5 Å². The molecule has 0 aliphatic carbocycles. The van der Waals surface area contributed by atoms with E-state index < -0.39 is 0 Å². The minimum absolute atomic E-state index is 0.00811. The topological polar surface area (TPSA) is 77.0 Å². The van der Waals surface area contributed by atoms with E-state index in [4.69, 9.17) is 4.74 Å². The lowest BCUT2D eigenvalue weighted by atomic mass is 10.1. The molecule has 30 heavy (non-hydrogen) atoms. The van der Waals surface area contributed by atoms with Gasteiger partial charge in [0.15, 0.2) is 0 Å². The van der Waals surface area contributed by atoms with Gasteiger partial charge in [-0.3, -0.25) is 9.78 Å². The minimum atomic E-state index is -0.372. The maximum atomic E-state index is 13.4. The van der Waals surface area contributed by atoms with Gasteiger partial charge in [-0.25, -0.2) is 14.4 Å². The highest BCUT2D eigenvalue weighted by Gasteiger charge is 2.17. The molecule has 8 heteroatoms. The molecule has 3 aromatic heterocycles. The molecule has 0 saturated heterocycles. The number of ether oxygens (including phenoxy) is 1. The summed E-state index contributed by atoms with van der Waals surface area (Å²) in [7, 11) is 0. The lowest BCUT2D eigenvalue weighted by Gasteiger charge is -2.10. The Morgan fingerprint density at radius 1 is 1.17 bits per heavy atom. The summed E-state index contributed by atoms with van der Waals surface area (Å²) in [4.78, 5) is 26.2. The fourth-order valence-corrected chi connectivity index (χ4v) is 4.02. The van der Waals surface area contributed by atoms with Crippen LogP contribution >= 0.6 is 11.3 Å². The Labute approximate surface area is 176 Å². The van der Waals surface area contributed by atoms with Crippen molar-refractivity contribution in [3.63, 3.8) is 0 Å². The standard InChI is InChI=1S/C22H19FN4O2S/c1-2-29-19(28)11-18-26-21(25-12-16-5-3-4-10-24-16)20-17(13-30-22(20)27-18)14-6-8-15(23)9-7-14/h3-10,13H,2,11-12H2,1H3,(H,25,26,27). The van der Waals surface area contributed by atoms with E-state index in [2.05, 4.69) is 20.3 Å². The van der Waals surface area contributed by atoms with Crippen LogP contribution in [0.15, 0.2) is 54.0 Å². The number of anilines is 1. The molecule has 0 radical (unpaired) electrons. The molecular formula is C22H19FN4O2S. The molecule has 0 spiro atoms. The fourth-order valence-electron chi connectivity index (χ4n) is 3.05. The Hall–Kier alpha value is -3.39. The predicted octanol–water partition coefficient (Wildman–Crippen LogP) is 4.61. The third-order valence-corrected chi connectivity index (χ3v) is 5.28. The van der Waals surface area contributed by atoms with Crippen LogP contribution in [0.3, 0.4) is 0 Å². The highest BCUT2D eigenvalue weighted by Crippen LogP contribution is 2.37. The van der Waals surface area contributed by atoms with Crippen molar-refractivity contribution in [1.29, 1.82) is 0 Å². The lowest BCUT2D eigenvalue weighted by molar-refractivity contribution is -0.142. The first-order chi connectivity index (χ1) is 14.6. The van der Waals surface area contributed by atoms with E-state index in [9.17, 15) is 9.18 Å². The van der Waals surface area contributed by atoms with Crippen molar-refractivity contribution in [2.75, 3.05) is 11.9 Å². The average Bonchev–Trinajstić information content (AvgIpc) is 3.17. The number of hydrogen-bond acceptors (Lipinski definition) is 7. The molecule has 0 bridgehead atoms. The first kappa shape index (κ1) is 19.9. The third kappa shape index (κ3) is 4.44. The van der Waals surface area contributed by atoms with E-state index >= 15 is 0 Å². The number of carbonyl (C=O) groups excluding carboxylic acids is 1. The second-order valence-corrected chi connectivity index (χ2v) is 7.34. The number of nitrogens with one attached hydrogen (secondary N) is 1. The van der Waals surface area contributed by atoms with Gasteiger partial charge in [0.05, 0.1) is 24.2 Å². The molecule has 0 atom stereocenters. The number of benzene rings is 1. The van der Waals surface area contributed by atoms with Gasteiger partial charge in [-0.15, -0.1) is 11.3 Å². The average molecular weight is 422 g/mol. The lowest BCUT2D eigenvalue weighted by Crippen LogP contribution is -2.12. The molecule has 0 aliphatic heterocycles. The summed E-state index contributed by atoms with van der Waals surface area (Å²) in [6.45, 7) is 2.53. The van der Waals surface area contributed by atoms with Crippen LogP contribution in [0.1, 0.15) is 18.4 Å². The number of hydrogen-bond donors (Lipinski definition) is 1. The molecule has 152 valence electrons. The molecule has 4 rings (SSSR count). The van der Waals surface area contributed by atoms with Crippen LogP contribution in [0.5, 0.6) is 0 Å². The quantitative estimate of drug-likeness (QED) is 0.438. The largest absolute Gasteiger partial charge is 0.466 e. The summed E-state index contributed by atoms with van der Waals surface area (Å²) >= 11 is 1.45. The highest BCUT2D eigenvalue weighted by molar-refractivity contribution is 7.17. The van der Waals surface area contributed by atoms with E-state index in [1.807, 2.05) is 23.6 Å². The van der Waals surface area contributed by atoms with Gasteiger partial charge >= 0.3 is 5.97 Å². The normalized spacial score (nSPS) is 10.9. The van der Waals surface area contributed by atoms with Crippen molar-refractivity contribution in [3.05, 3.63) is 71.4 Å². The number of carbonyl (C=O) groups is 1. The number of halogens is 1. The number of esters is 1. The van der Waals surface area contributed by atoms with Crippen LogP contribution in [0.4, 0.5) is 10.2 Å². The zero-order valence-electron chi connectivity index (χ0n) is 16.3. The maximum Gasteiger partial charge on any atom is 0.313 e. The molecule has 3 heterocycles. The van der Waals surface area contributed by atoms with Crippen LogP contribution in [-0.2, 0) is 22.5 Å². The Morgan fingerprint density at radius 3 is 2.73 bits per heavy atom. The molecule has 0 saturated carbocycles. The van der Waals surface area contributed by atoms with Gasteiger partial charge in [0.25, 0.3) is 0 Å². The zero-order chi connectivity index (χ0) is 20.9. The van der Waals surface area contributed by atoms with Gasteiger partial charge in [0.2, 0.25) is 0 Å². The molecular weight excluding hydrogens is 403 g/mol. The number of aromatic nitrogens is 3. The molecule has 1 N–H and O–H groups in total. The van der Waals surface area contributed by atoms with E-state index in [1.165, 1.54) is 23.5 Å². The Kier molecular flexibility index (Phi) is 5.94. The molecule has 0 aliphatic rings. The summed E-state index contributed by atoms with van der Waals surface area (Å²) in [6.07, 6.45) is 1.72. The molecule has 6 nitrogen and oxygen atoms in total. The molecule has 1 aromatic carbocycles. The van der Waals surface area contributed by atoms with Crippen LogP contribution in [0.25, 0.3) is 21.3 Å². The van der Waals surface area contributed by atoms with Crippen LogP contribution < -0.4 is 5.32 Å². The Bertz CT molecular complexity index is 1160. The van der Waals surface area contributed by atoms with Gasteiger partial charge in [-0.05, 0) is 36.8 Å². The SMILES string of the molecule is CCOC(=O)Cc1nc(NCc2ccccn2)c2c(-c3ccc(F)cc3)csc2n1. The first-order valence-electron chi connectivity index (χ1n) is 9.47. The second kappa shape index (κ2) is 8.96. The zero-order valence-corrected chi connectivity index (χ0v) is 17.1. The number of pyridine rings is 1. The predicted molar refractivity (Wildman–Crippen MR) is 115 cm³/mol. The highest BCUT2D eigenvalue weighted by atomic mass is 32.1. The summed E-state index contributed by atoms with van der Waals surface area (Å²) in [5, 5.41) is 6.12. The van der Waals surface area contributed by atoms with Gasteiger partial charge in [-0.2, -0.15) is 0 Å². The van der Waals surface area contributed by atoms with Gasteiger partial charge in [0.1, 0.15) is 28.7 Å². The van der Waals surface area contributed by atoms with Crippen molar-refractivity contribution >= 4 is 33.3 Å². The summed E-state index contributed by atoms with van der Waals surface area (Å²) in [6, 6.07) is 12.0. The summed E-state index contributed by atoms with van der Waals surface area (Å²) in [5.41, 5.74) is 2.63. The second-order valence-electron chi connectivity index (χ2n) is 6.48. The monoisotopic (exact) mass is 422 g/mol. The van der Waals surface area contributed by atoms with Crippen molar-refractivity contribution in [3.8, 4) is 11.1 Å². The molecule has 4 aromatic rings. The number of thiophene rings is 1. The minimum Gasteiger partial charge on any atom is -0.466 e. The number of rotatable bonds is 7. The van der Waals surface area contributed by atoms with E-state index in [-0.39, 0.29) is 18.2 Å². The smallest absolute Gasteiger partial charge is 0.313 e. The van der Waals surface area contributed by atoms with Crippen molar-refractivity contribution in [2.24, 2.45) is 0 Å². The third-order valence-electron chi connectivity index (χ3n) is 4.41. The van der Waals surface area contributed by atoms with E-state index in [0.717, 1.165) is 27.0 Å². The fraction of sp³-hybridized carbons (Fsp3) is 0.182. The van der Waals surface area contributed by atoms with Crippen molar-refractivity contribution in [1.82, 2.24) is 15.0 Å². The number of nitrogens with zero attached hydrogens (tertiary/aromatic N) is 3. The van der Waals surface area contributed by atoms with Crippen molar-refractivity contribution in [2.45, 2.75) is 19.9 Å². The van der Waals surface area contributed by atoms with E-state index in [1.54, 1.807) is 25.3 Å². The molecule has 0 fully saturated rings. The van der Waals surface area contributed by atoms with Crippen LogP contribution in [0, 0.1) is 5.82 Å². The van der Waals surface area contributed by atoms with Gasteiger partial charge in [-0.1, -0.05) is 18.2 Å². The van der Waals surface area contributed by atoms with Crippen LogP contribution in [0.2, 0.25) is 0 Å². The summed E-state index contributed by atoms with van der Waals surface area (Å²) in [5.74, 6) is 0.324. The first-order valence-corrected chi connectivity index (χ1v) is 10.4. The Balaban J connectivity index is 1.75. The molecule has 0 unspecified atom stereocenters. The van der Waals surface area contributed by atoms with Gasteiger partial charge < -0.3 is 10.1 Å². The maximum absolute atomic E-state index is 13.4. The van der Waals surface area contributed by atoms with Crippen molar-refractivity contribution < 1.29 is 13.9 Å². The Morgan fingerprint density at radius 2 is 2.00 bits per heavy atom. The van der Waals surface area contributed by atoms with Gasteiger partial charge in [0, 0.05) is 17.1 Å². The molecule has 0 amide bonds.